The first kappa shape index (κ1) is 14.4. The molecule has 19 heavy (non-hydrogen) atoms. The average molecular weight is 286 g/mol. The molecule has 0 radical (unpaired) electrons. The summed E-state index contributed by atoms with van der Waals surface area (Å²) in [5, 5.41) is 10.7. The zero-order valence-electron chi connectivity index (χ0n) is 11.6. The Morgan fingerprint density at radius 3 is 2.84 bits per heavy atom. The van der Waals surface area contributed by atoms with E-state index >= 15 is 0 Å². The predicted molar refractivity (Wildman–Crippen MR) is 75.0 cm³/mol. The van der Waals surface area contributed by atoms with Crippen molar-refractivity contribution in [2.75, 3.05) is 26.9 Å². The first-order chi connectivity index (χ1) is 8.94. The highest BCUT2D eigenvalue weighted by Crippen LogP contribution is 2.35. The molecule has 0 unspecified atom stereocenters. The number of phenols is 1. The van der Waals surface area contributed by atoms with Gasteiger partial charge in [-0.1, -0.05) is 11.6 Å². The number of hydrogen-bond donors (Lipinski definition) is 1. The van der Waals surface area contributed by atoms with Gasteiger partial charge in [0.1, 0.15) is 0 Å². The summed E-state index contributed by atoms with van der Waals surface area (Å²) in [5.41, 5.74) is 0.722. The van der Waals surface area contributed by atoms with Gasteiger partial charge < -0.3 is 14.6 Å². The normalized spacial score (nSPS) is 19.4. The van der Waals surface area contributed by atoms with Crippen molar-refractivity contribution in [3.05, 3.63) is 22.7 Å². The highest BCUT2D eigenvalue weighted by Gasteiger charge is 2.31. The maximum absolute atomic E-state index is 10.2. The molecule has 106 valence electrons. The molecule has 0 amide bonds. The highest BCUT2D eigenvalue weighted by atomic mass is 35.5. The Hall–Kier alpha value is -0.970. The fourth-order valence-electron chi connectivity index (χ4n) is 2.29. The van der Waals surface area contributed by atoms with Gasteiger partial charge in [-0.2, -0.15) is 0 Å². The number of morpholine rings is 1. The van der Waals surface area contributed by atoms with E-state index in [9.17, 15) is 5.11 Å². The Morgan fingerprint density at radius 2 is 2.21 bits per heavy atom. The average Bonchev–Trinajstić information content (AvgIpc) is 2.35. The summed E-state index contributed by atoms with van der Waals surface area (Å²) in [5.74, 6) is 0.572. The number of benzene rings is 1. The van der Waals surface area contributed by atoms with E-state index in [1.165, 1.54) is 7.11 Å². The molecule has 1 heterocycles. The van der Waals surface area contributed by atoms with Gasteiger partial charge in [0.25, 0.3) is 0 Å². The summed E-state index contributed by atoms with van der Waals surface area (Å²) in [7, 11) is 1.52. The summed E-state index contributed by atoms with van der Waals surface area (Å²) in [6.45, 7) is 7.11. The van der Waals surface area contributed by atoms with Crippen LogP contribution in [0.15, 0.2) is 12.1 Å². The number of hydrogen-bond acceptors (Lipinski definition) is 4. The Kier molecular flexibility index (Phi) is 4.23. The van der Waals surface area contributed by atoms with Gasteiger partial charge in [0, 0.05) is 35.3 Å². The number of rotatable bonds is 3. The molecule has 1 aliphatic rings. The van der Waals surface area contributed by atoms with Crippen LogP contribution < -0.4 is 4.74 Å². The zero-order chi connectivity index (χ0) is 14.0. The summed E-state index contributed by atoms with van der Waals surface area (Å²) >= 11 is 6.06. The SMILES string of the molecule is COc1cc(Cl)cc(CN2CCOCC2(C)C)c1O. The predicted octanol–water partition coefficient (Wildman–Crippen LogP) is 2.67. The molecule has 0 spiro atoms. The van der Waals surface area contributed by atoms with E-state index in [1.54, 1.807) is 12.1 Å². The van der Waals surface area contributed by atoms with Crippen LogP contribution in [0.2, 0.25) is 5.02 Å². The fraction of sp³-hybridized carbons (Fsp3) is 0.571. The van der Waals surface area contributed by atoms with E-state index in [0.717, 1.165) is 12.1 Å². The first-order valence-corrected chi connectivity index (χ1v) is 6.70. The second kappa shape index (κ2) is 5.57. The highest BCUT2D eigenvalue weighted by molar-refractivity contribution is 6.30. The van der Waals surface area contributed by atoms with Crippen LogP contribution >= 0.6 is 11.6 Å². The van der Waals surface area contributed by atoms with Crippen LogP contribution in [0.1, 0.15) is 19.4 Å². The Labute approximate surface area is 118 Å². The molecule has 0 aliphatic carbocycles. The van der Waals surface area contributed by atoms with Crippen molar-refractivity contribution in [1.29, 1.82) is 0 Å². The lowest BCUT2D eigenvalue weighted by Gasteiger charge is -2.42. The maximum Gasteiger partial charge on any atom is 0.162 e. The summed E-state index contributed by atoms with van der Waals surface area (Å²) in [4.78, 5) is 2.28. The van der Waals surface area contributed by atoms with E-state index in [0.29, 0.717) is 30.5 Å². The molecule has 0 saturated carbocycles. The van der Waals surface area contributed by atoms with E-state index in [4.69, 9.17) is 21.1 Å². The van der Waals surface area contributed by atoms with E-state index in [1.807, 2.05) is 0 Å². The van der Waals surface area contributed by atoms with Crippen molar-refractivity contribution in [1.82, 2.24) is 4.90 Å². The maximum atomic E-state index is 10.2. The fourth-order valence-corrected chi connectivity index (χ4v) is 2.52. The minimum Gasteiger partial charge on any atom is -0.504 e. The lowest BCUT2D eigenvalue weighted by atomic mass is 10.0. The standard InChI is InChI=1S/C14H20ClNO3/c1-14(2)9-19-5-4-16(14)8-10-6-11(15)7-12(18-3)13(10)17/h6-7,17H,4-5,8-9H2,1-3H3. The number of methoxy groups -OCH3 is 1. The largest absolute Gasteiger partial charge is 0.504 e. The lowest BCUT2D eigenvalue weighted by Crippen LogP contribution is -2.52. The molecule has 0 bridgehead atoms. The van der Waals surface area contributed by atoms with Crippen LogP contribution in [0, 0.1) is 0 Å². The molecule has 1 aromatic rings. The van der Waals surface area contributed by atoms with Crippen molar-refractivity contribution in [3.63, 3.8) is 0 Å². The smallest absolute Gasteiger partial charge is 0.162 e. The van der Waals surface area contributed by atoms with Gasteiger partial charge >= 0.3 is 0 Å². The molecular weight excluding hydrogens is 266 g/mol. The van der Waals surface area contributed by atoms with E-state index in [2.05, 4.69) is 18.7 Å². The lowest BCUT2D eigenvalue weighted by molar-refractivity contribution is -0.0555. The van der Waals surface area contributed by atoms with E-state index in [-0.39, 0.29) is 11.3 Å². The molecule has 0 atom stereocenters. The van der Waals surface area contributed by atoms with Crippen molar-refractivity contribution in [2.24, 2.45) is 0 Å². The third-order valence-corrected chi connectivity index (χ3v) is 3.73. The number of phenolic OH excluding ortho intramolecular Hbond substituents is 1. The second-order valence-corrected chi connectivity index (χ2v) is 5.84. The monoisotopic (exact) mass is 285 g/mol. The molecule has 1 fully saturated rings. The third-order valence-electron chi connectivity index (χ3n) is 3.52. The Bertz CT molecular complexity index is 462. The quantitative estimate of drug-likeness (QED) is 0.927. The van der Waals surface area contributed by atoms with Gasteiger partial charge in [-0.3, -0.25) is 4.90 Å². The number of halogens is 1. The van der Waals surface area contributed by atoms with Crippen LogP contribution in [0.5, 0.6) is 11.5 Å². The van der Waals surface area contributed by atoms with Gasteiger partial charge in [-0.05, 0) is 19.9 Å². The van der Waals surface area contributed by atoms with Crippen molar-refractivity contribution < 1.29 is 14.6 Å². The minimum absolute atomic E-state index is 0.0553. The molecule has 2 rings (SSSR count). The van der Waals surface area contributed by atoms with Gasteiger partial charge in [0.15, 0.2) is 11.5 Å². The molecule has 1 N–H and O–H groups in total. The first-order valence-electron chi connectivity index (χ1n) is 6.32. The third kappa shape index (κ3) is 3.14. The van der Waals surface area contributed by atoms with Crippen LogP contribution in [-0.2, 0) is 11.3 Å². The zero-order valence-corrected chi connectivity index (χ0v) is 12.3. The number of ether oxygens (including phenoxy) is 2. The number of nitrogens with zero attached hydrogens (tertiary/aromatic N) is 1. The van der Waals surface area contributed by atoms with Gasteiger partial charge in [-0.15, -0.1) is 0 Å². The topological polar surface area (TPSA) is 41.9 Å². The molecule has 5 heteroatoms. The van der Waals surface area contributed by atoms with Crippen LogP contribution in [-0.4, -0.2) is 42.4 Å². The van der Waals surface area contributed by atoms with Crippen molar-refractivity contribution >= 4 is 11.6 Å². The van der Waals surface area contributed by atoms with Crippen molar-refractivity contribution in [3.8, 4) is 11.5 Å². The Morgan fingerprint density at radius 1 is 1.47 bits per heavy atom. The van der Waals surface area contributed by atoms with Gasteiger partial charge in [0.2, 0.25) is 0 Å². The molecule has 4 nitrogen and oxygen atoms in total. The molecule has 1 saturated heterocycles. The molecule has 1 aliphatic heterocycles. The molecule has 0 aromatic heterocycles. The summed E-state index contributed by atoms with van der Waals surface area (Å²) < 4.78 is 10.6. The minimum atomic E-state index is -0.0553. The number of aromatic hydroxyl groups is 1. The molecular formula is C14H20ClNO3. The summed E-state index contributed by atoms with van der Waals surface area (Å²) in [6, 6.07) is 3.40. The van der Waals surface area contributed by atoms with Crippen molar-refractivity contribution in [2.45, 2.75) is 25.9 Å². The van der Waals surface area contributed by atoms with Gasteiger partial charge in [0.05, 0.1) is 20.3 Å². The van der Waals surface area contributed by atoms with Crippen LogP contribution in [0.3, 0.4) is 0 Å². The Balaban J connectivity index is 2.25. The second-order valence-electron chi connectivity index (χ2n) is 5.40. The van der Waals surface area contributed by atoms with Crippen LogP contribution in [0.4, 0.5) is 0 Å². The summed E-state index contributed by atoms with van der Waals surface area (Å²) in [6.07, 6.45) is 0. The van der Waals surface area contributed by atoms with Crippen LogP contribution in [0.25, 0.3) is 0 Å². The van der Waals surface area contributed by atoms with Gasteiger partial charge in [-0.25, -0.2) is 0 Å². The van der Waals surface area contributed by atoms with E-state index < -0.39 is 0 Å². The molecule has 1 aromatic carbocycles.